The molecule has 176 valence electrons. The van der Waals surface area contributed by atoms with Gasteiger partial charge in [0.05, 0.1) is 17.6 Å². The standard InChI is InChI=1S/C27H35Si2.3ClH.Ti/c1-17-11-10-12-23(13-17)27(26-21(5)19(3)20(4)22(26)6)28-24-14-18(2)15-25(16-24)29(7,8)9;;;;/h10-16,27H,1-9H3;3*1H;/q-1;;;;+4/p-3. The molecule has 0 aliphatic carbocycles. The molecule has 3 aromatic rings. The smallest absolute Gasteiger partial charge is 1.00 e. The van der Waals surface area contributed by atoms with E-state index in [1.165, 1.54) is 44.1 Å². The van der Waals surface area contributed by atoms with E-state index >= 15 is 0 Å². The second-order valence-corrected chi connectivity index (χ2v) is 16.3. The van der Waals surface area contributed by atoms with Gasteiger partial charge in [0.15, 0.2) is 0 Å². The second kappa shape index (κ2) is 13.8. The van der Waals surface area contributed by atoms with E-state index < -0.39 is 8.07 Å². The molecule has 0 nitrogen and oxygen atoms in total. The molecule has 3 rings (SSSR count). The SMILES string of the molecule is Cc1cccc(C([Si]c2cc(C)cc([Si](C)(C)C)c2)[c-]2c(C)c(C)c(C)c2C)c1.[Cl-].[Cl-].[Cl-].[Ti+4]. The van der Waals surface area contributed by atoms with Crippen LogP contribution in [0.1, 0.15) is 50.0 Å². The van der Waals surface area contributed by atoms with Crippen molar-refractivity contribution in [1.29, 1.82) is 0 Å². The largest absolute Gasteiger partial charge is 4.00 e. The number of hydrogen-bond donors (Lipinski definition) is 0. The number of rotatable bonds is 5. The number of hydrogen-bond acceptors (Lipinski definition) is 0. The Morgan fingerprint density at radius 2 is 1.27 bits per heavy atom. The molecule has 2 radical (unpaired) electrons. The Morgan fingerprint density at radius 3 is 1.76 bits per heavy atom. The van der Waals surface area contributed by atoms with E-state index in [0.29, 0.717) is 5.54 Å². The molecule has 0 N–H and O–H groups in total. The van der Waals surface area contributed by atoms with Gasteiger partial charge in [-0.05, 0) is 19.4 Å². The summed E-state index contributed by atoms with van der Waals surface area (Å²) in [7, 11) is -0.593. The summed E-state index contributed by atoms with van der Waals surface area (Å²) in [6.07, 6.45) is 0. The van der Waals surface area contributed by atoms with Crippen molar-refractivity contribution < 1.29 is 58.9 Å². The van der Waals surface area contributed by atoms with E-state index in [4.69, 9.17) is 0 Å². The molecular formula is C27H35Cl3Si2Ti. The van der Waals surface area contributed by atoms with Crippen molar-refractivity contribution >= 4 is 28.0 Å². The summed E-state index contributed by atoms with van der Waals surface area (Å²) < 4.78 is 0. The number of halogens is 3. The summed E-state index contributed by atoms with van der Waals surface area (Å²) in [5.74, 6) is 0. The predicted molar refractivity (Wildman–Crippen MR) is 134 cm³/mol. The van der Waals surface area contributed by atoms with Gasteiger partial charge < -0.3 is 37.2 Å². The Labute approximate surface area is 239 Å². The first kappa shape index (κ1) is 35.0. The topological polar surface area (TPSA) is 0 Å². The van der Waals surface area contributed by atoms with E-state index in [1.807, 2.05) is 0 Å². The summed E-state index contributed by atoms with van der Waals surface area (Å²) >= 11 is 0. The van der Waals surface area contributed by atoms with Gasteiger partial charge in [-0.3, -0.25) is 0 Å². The molecule has 0 saturated heterocycles. The first-order chi connectivity index (χ1) is 13.5. The Kier molecular flexibility index (Phi) is 14.6. The van der Waals surface area contributed by atoms with Crippen LogP contribution in [0.2, 0.25) is 19.6 Å². The summed E-state index contributed by atoms with van der Waals surface area (Å²) in [5, 5.41) is 3.08. The molecule has 0 amide bonds. The van der Waals surface area contributed by atoms with Crippen LogP contribution in [0.15, 0.2) is 42.5 Å². The van der Waals surface area contributed by atoms with Crippen LogP contribution in [0.4, 0.5) is 0 Å². The fourth-order valence-corrected chi connectivity index (χ4v) is 7.52. The molecule has 33 heavy (non-hydrogen) atoms. The van der Waals surface area contributed by atoms with Gasteiger partial charge in [-0.2, -0.15) is 22.3 Å². The molecular weight excluding hydrogens is 535 g/mol. The molecule has 0 aromatic heterocycles. The van der Waals surface area contributed by atoms with Gasteiger partial charge in [0.25, 0.3) is 0 Å². The van der Waals surface area contributed by atoms with E-state index in [-0.39, 0.29) is 58.9 Å². The molecule has 1 unspecified atom stereocenters. The van der Waals surface area contributed by atoms with Gasteiger partial charge in [0.1, 0.15) is 0 Å². The average Bonchev–Trinajstić information content (AvgIpc) is 2.82. The molecule has 0 aliphatic rings. The fourth-order valence-electron chi connectivity index (χ4n) is 4.32. The zero-order chi connectivity index (χ0) is 21.5. The predicted octanol–water partition coefficient (Wildman–Crippen LogP) is -3.07. The Balaban J connectivity index is 0. The van der Waals surface area contributed by atoms with Crippen molar-refractivity contribution in [2.24, 2.45) is 0 Å². The number of benzene rings is 2. The molecule has 0 heterocycles. The molecule has 3 aromatic carbocycles. The van der Waals surface area contributed by atoms with Crippen molar-refractivity contribution in [2.75, 3.05) is 0 Å². The molecule has 0 fully saturated rings. The van der Waals surface area contributed by atoms with E-state index in [9.17, 15) is 0 Å². The number of aryl methyl sites for hydroxylation is 2. The molecule has 6 heteroatoms. The third kappa shape index (κ3) is 7.90. The Hall–Kier alpha value is -0.192. The van der Waals surface area contributed by atoms with Crippen molar-refractivity contribution in [3.63, 3.8) is 0 Å². The van der Waals surface area contributed by atoms with Gasteiger partial charge in [-0.15, -0.1) is 5.56 Å². The van der Waals surface area contributed by atoms with Crippen LogP contribution in [-0.4, -0.2) is 17.6 Å². The molecule has 0 aliphatic heterocycles. The summed E-state index contributed by atoms with van der Waals surface area (Å²) in [6, 6.07) is 16.5. The van der Waals surface area contributed by atoms with Crippen LogP contribution in [0.5, 0.6) is 0 Å². The Morgan fingerprint density at radius 1 is 0.727 bits per heavy atom. The average molecular weight is 570 g/mol. The zero-order valence-electron chi connectivity index (χ0n) is 21.3. The van der Waals surface area contributed by atoms with Crippen LogP contribution in [-0.2, 0) is 21.7 Å². The molecule has 0 bridgehead atoms. The third-order valence-electron chi connectivity index (χ3n) is 6.41. The van der Waals surface area contributed by atoms with Crippen LogP contribution in [0.3, 0.4) is 0 Å². The maximum atomic E-state index is 2.51. The molecule has 1 atom stereocenters. The van der Waals surface area contributed by atoms with E-state index in [1.54, 1.807) is 10.8 Å². The van der Waals surface area contributed by atoms with E-state index in [2.05, 4.69) is 104 Å². The van der Waals surface area contributed by atoms with Gasteiger partial charge in [0.2, 0.25) is 0 Å². The third-order valence-corrected chi connectivity index (χ3v) is 9.97. The first-order valence-electron chi connectivity index (χ1n) is 10.7. The second-order valence-electron chi connectivity index (χ2n) is 9.74. The maximum absolute atomic E-state index is 2.51. The van der Waals surface area contributed by atoms with Crippen LogP contribution < -0.4 is 47.6 Å². The maximum Gasteiger partial charge on any atom is 4.00 e. The van der Waals surface area contributed by atoms with Crippen LogP contribution >= 0.6 is 0 Å². The van der Waals surface area contributed by atoms with Crippen LogP contribution in [0.25, 0.3) is 0 Å². The van der Waals surface area contributed by atoms with Crippen molar-refractivity contribution in [2.45, 2.75) is 66.7 Å². The minimum absolute atomic E-state index is 0. The van der Waals surface area contributed by atoms with Gasteiger partial charge in [-0.25, -0.2) is 0 Å². The Bertz CT molecular complexity index is 1030. The van der Waals surface area contributed by atoms with Gasteiger partial charge in [0, 0.05) is 0 Å². The summed E-state index contributed by atoms with van der Waals surface area (Å²) in [6.45, 7) is 21.0. The van der Waals surface area contributed by atoms with Crippen molar-refractivity contribution in [1.82, 2.24) is 0 Å². The first-order valence-corrected chi connectivity index (χ1v) is 15.2. The molecule has 0 saturated carbocycles. The monoisotopic (exact) mass is 568 g/mol. The normalized spacial score (nSPS) is 11.4. The van der Waals surface area contributed by atoms with Crippen LogP contribution in [0, 0.1) is 41.5 Å². The zero-order valence-corrected chi connectivity index (χ0v) is 27.1. The van der Waals surface area contributed by atoms with Crippen molar-refractivity contribution in [3.05, 3.63) is 87.0 Å². The van der Waals surface area contributed by atoms with E-state index in [0.717, 1.165) is 9.52 Å². The van der Waals surface area contributed by atoms with Gasteiger partial charge in [-0.1, -0.05) is 117 Å². The summed E-state index contributed by atoms with van der Waals surface area (Å²) in [5.41, 5.74) is 12.1. The van der Waals surface area contributed by atoms with Crippen molar-refractivity contribution in [3.8, 4) is 0 Å². The summed E-state index contributed by atoms with van der Waals surface area (Å²) in [4.78, 5) is 0. The fraction of sp³-hybridized carbons (Fsp3) is 0.370. The quantitative estimate of drug-likeness (QED) is 0.226. The molecule has 0 spiro atoms. The van der Waals surface area contributed by atoms with Gasteiger partial charge >= 0.3 is 21.7 Å². The minimum atomic E-state index is -1.34. The minimum Gasteiger partial charge on any atom is -1.00 e.